The van der Waals surface area contributed by atoms with E-state index in [9.17, 15) is 9.59 Å². The van der Waals surface area contributed by atoms with E-state index in [-0.39, 0.29) is 24.3 Å². The van der Waals surface area contributed by atoms with E-state index in [4.69, 9.17) is 5.84 Å². The standard InChI is InChI=1S/C6H11N3O2/c7-9-6(11)3-4-1-2-5(10)8-4/h4H,1-3,7H2,(H,8,10)(H,9,11). The molecule has 1 aliphatic heterocycles. The Morgan fingerprint density at radius 1 is 1.82 bits per heavy atom. The predicted octanol–water partition coefficient (Wildman–Crippen LogP) is -1.36. The Labute approximate surface area is 64.3 Å². The largest absolute Gasteiger partial charge is 0.353 e. The minimum atomic E-state index is -0.239. The first-order valence-electron chi connectivity index (χ1n) is 3.51. The number of amides is 2. The quantitative estimate of drug-likeness (QED) is 0.263. The van der Waals surface area contributed by atoms with E-state index in [1.807, 2.05) is 5.43 Å². The molecule has 4 N–H and O–H groups in total. The van der Waals surface area contributed by atoms with Crippen LogP contribution in [0.4, 0.5) is 0 Å². The van der Waals surface area contributed by atoms with Crippen molar-refractivity contribution < 1.29 is 9.59 Å². The molecule has 1 aliphatic rings. The smallest absolute Gasteiger partial charge is 0.235 e. The zero-order valence-corrected chi connectivity index (χ0v) is 6.09. The first kappa shape index (κ1) is 8.00. The van der Waals surface area contributed by atoms with Crippen molar-refractivity contribution in [2.75, 3.05) is 0 Å². The van der Waals surface area contributed by atoms with Crippen molar-refractivity contribution in [3.8, 4) is 0 Å². The number of nitrogens with two attached hydrogens (primary N) is 1. The molecule has 1 saturated heterocycles. The maximum atomic E-state index is 10.7. The van der Waals surface area contributed by atoms with Crippen LogP contribution in [0.5, 0.6) is 0 Å². The van der Waals surface area contributed by atoms with E-state index >= 15 is 0 Å². The molecule has 0 radical (unpaired) electrons. The monoisotopic (exact) mass is 157 g/mol. The minimum absolute atomic E-state index is 0.0137. The normalized spacial score (nSPS) is 23.0. The lowest BCUT2D eigenvalue weighted by molar-refractivity contribution is -0.121. The number of rotatable bonds is 2. The minimum Gasteiger partial charge on any atom is -0.353 e. The summed E-state index contributed by atoms with van der Waals surface area (Å²) < 4.78 is 0. The molecular weight excluding hydrogens is 146 g/mol. The van der Waals surface area contributed by atoms with Crippen molar-refractivity contribution in [3.63, 3.8) is 0 Å². The van der Waals surface area contributed by atoms with Crippen LogP contribution in [0.15, 0.2) is 0 Å². The van der Waals surface area contributed by atoms with Crippen molar-refractivity contribution >= 4 is 11.8 Å². The molecule has 11 heavy (non-hydrogen) atoms. The molecule has 0 aromatic carbocycles. The SMILES string of the molecule is NNC(=O)CC1CCC(=O)N1. The molecule has 5 heteroatoms. The van der Waals surface area contributed by atoms with E-state index in [2.05, 4.69) is 5.32 Å². The average molecular weight is 157 g/mol. The predicted molar refractivity (Wildman–Crippen MR) is 38.1 cm³/mol. The van der Waals surface area contributed by atoms with Gasteiger partial charge in [-0.3, -0.25) is 15.0 Å². The highest BCUT2D eigenvalue weighted by Gasteiger charge is 2.22. The molecule has 0 bridgehead atoms. The van der Waals surface area contributed by atoms with Crippen LogP contribution in [-0.4, -0.2) is 17.9 Å². The molecule has 1 atom stereocenters. The highest BCUT2D eigenvalue weighted by atomic mass is 16.2. The molecule has 0 aromatic rings. The molecule has 2 amide bonds. The Balaban J connectivity index is 2.28. The maximum absolute atomic E-state index is 10.7. The van der Waals surface area contributed by atoms with Crippen molar-refractivity contribution in [1.82, 2.24) is 10.7 Å². The van der Waals surface area contributed by atoms with Gasteiger partial charge in [0.25, 0.3) is 0 Å². The van der Waals surface area contributed by atoms with Gasteiger partial charge in [0.15, 0.2) is 0 Å². The van der Waals surface area contributed by atoms with Crippen LogP contribution in [0.2, 0.25) is 0 Å². The lowest BCUT2D eigenvalue weighted by atomic mass is 10.1. The van der Waals surface area contributed by atoms with Crippen molar-refractivity contribution in [1.29, 1.82) is 0 Å². The van der Waals surface area contributed by atoms with E-state index < -0.39 is 0 Å². The van der Waals surface area contributed by atoms with Gasteiger partial charge in [-0.2, -0.15) is 0 Å². The average Bonchev–Trinajstić information content (AvgIpc) is 2.35. The topological polar surface area (TPSA) is 84.2 Å². The second kappa shape index (κ2) is 3.34. The summed E-state index contributed by atoms with van der Waals surface area (Å²) >= 11 is 0. The van der Waals surface area contributed by atoms with Gasteiger partial charge in [0.05, 0.1) is 0 Å². The van der Waals surface area contributed by atoms with E-state index in [1.165, 1.54) is 0 Å². The Bertz CT molecular complexity index is 181. The lowest BCUT2D eigenvalue weighted by Crippen LogP contribution is -2.36. The van der Waals surface area contributed by atoms with Crippen LogP contribution >= 0.6 is 0 Å². The van der Waals surface area contributed by atoms with Crippen LogP contribution in [0.1, 0.15) is 19.3 Å². The number of hydrazine groups is 1. The number of carbonyl (C=O) groups is 2. The number of carbonyl (C=O) groups excluding carboxylic acids is 2. The van der Waals surface area contributed by atoms with Crippen LogP contribution in [0.3, 0.4) is 0 Å². The summed E-state index contributed by atoms with van der Waals surface area (Å²) in [6.07, 6.45) is 1.52. The molecular formula is C6H11N3O2. The van der Waals surface area contributed by atoms with Crippen molar-refractivity contribution in [3.05, 3.63) is 0 Å². The molecule has 0 saturated carbocycles. The Hall–Kier alpha value is -1.10. The van der Waals surface area contributed by atoms with Gasteiger partial charge >= 0.3 is 0 Å². The van der Waals surface area contributed by atoms with Gasteiger partial charge in [-0.1, -0.05) is 0 Å². The fourth-order valence-corrected chi connectivity index (χ4v) is 1.11. The number of nitrogens with one attached hydrogen (secondary N) is 2. The van der Waals surface area contributed by atoms with Crippen LogP contribution < -0.4 is 16.6 Å². The first-order valence-corrected chi connectivity index (χ1v) is 3.51. The third kappa shape index (κ3) is 2.19. The Morgan fingerprint density at radius 2 is 2.55 bits per heavy atom. The molecule has 1 unspecified atom stereocenters. The molecule has 1 rings (SSSR count). The van der Waals surface area contributed by atoms with Gasteiger partial charge < -0.3 is 5.32 Å². The lowest BCUT2D eigenvalue weighted by Gasteiger charge is -2.06. The molecule has 0 aromatic heterocycles. The fraction of sp³-hybridized carbons (Fsp3) is 0.667. The summed E-state index contributed by atoms with van der Waals surface area (Å²) in [5.74, 6) is 4.65. The van der Waals surface area contributed by atoms with Gasteiger partial charge in [0.2, 0.25) is 11.8 Å². The third-order valence-corrected chi connectivity index (χ3v) is 1.68. The van der Waals surface area contributed by atoms with Crippen molar-refractivity contribution in [2.45, 2.75) is 25.3 Å². The second-order valence-corrected chi connectivity index (χ2v) is 2.57. The highest BCUT2D eigenvalue weighted by molar-refractivity contribution is 5.81. The van der Waals surface area contributed by atoms with Gasteiger partial charge in [-0.15, -0.1) is 0 Å². The summed E-state index contributed by atoms with van der Waals surface area (Å²) in [6.45, 7) is 0. The van der Waals surface area contributed by atoms with Gasteiger partial charge in [0.1, 0.15) is 0 Å². The molecule has 0 aliphatic carbocycles. The highest BCUT2D eigenvalue weighted by Crippen LogP contribution is 2.09. The summed E-state index contributed by atoms with van der Waals surface area (Å²) in [5.41, 5.74) is 2.02. The number of hydrogen-bond donors (Lipinski definition) is 3. The van der Waals surface area contributed by atoms with Crippen molar-refractivity contribution in [2.24, 2.45) is 5.84 Å². The van der Waals surface area contributed by atoms with Gasteiger partial charge in [-0.05, 0) is 6.42 Å². The van der Waals surface area contributed by atoms with Crippen LogP contribution in [0, 0.1) is 0 Å². The molecule has 62 valence electrons. The zero-order valence-electron chi connectivity index (χ0n) is 6.09. The summed E-state index contributed by atoms with van der Waals surface area (Å²) in [6, 6.07) is -0.0222. The molecule has 1 fully saturated rings. The van der Waals surface area contributed by atoms with Crippen LogP contribution in [0.25, 0.3) is 0 Å². The third-order valence-electron chi connectivity index (χ3n) is 1.68. The van der Waals surface area contributed by atoms with Gasteiger partial charge in [-0.25, -0.2) is 5.84 Å². The maximum Gasteiger partial charge on any atom is 0.235 e. The summed E-state index contributed by atoms with van der Waals surface area (Å²) in [5, 5.41) is 2.66. The van der Waals surface area contributed by atoms with E-state index in [1.54, 1.807) is 0 Å². The van der Waals surface area contributed by atoms with Crippen LogP contribution in [-0.2, 0) is 9.59 Å². The molecule has 1 heterocycles. The second-order valence-electron chi connectivity index (χ2n) is 2.57. The summed E-state index contributed by atoms with van der Waals surface area (Å²) in [7, 11) is 0. The van der Waals surface area contributed by atoms with Gasteiger partial charge in [0, 0.05) is 18.9 Å². The molecule has 0 spiro atoms. The fourth-order valence-electron chi connectivity index (χ4n) is 1.11. The Kier molecular flexibility index (Phi) is 2.43. The first-order chi connectivity index (χ1) is 5.22. The Morgan fingerprint density at radius 3 is 3.00 bits per heavy atom. The molecule has 5 nitrogen and oxygen atoms in total. The van der Waals surface area contributed by atoms with E-state index in [0.717, 1.165) is 6.42 Å². The van der Waals surface area contributed by atoms with E-state index in [0.29, 0.717) is 6.42 Å². The summed E-state index contributed by atoms with van der Waals surface area (Å²) in [4.78, 5) is 21.3. The number of hydrogen-bond acceptors (Lipinski definition) is 3. The zero-order chi connectivity index (χ0) is 8.27.